The van der Waals surface area contributed by atoms with Crippen LogP contribution in [-0.2, 0) is 9.53 Å². The van der Waals surface area contributed by atoms with Crippen molar-refractivity contribution in [2.75, 3.05) is 25.6 Å². The Hall–Kier alpha value is -3.07. The summed E-state index contributed by atoms with van der Waals surface area (Å²) in [7, 11) is 1.63. The van der Waals surface area contributed by atoms with Crippen molar-refractivity contribution in [3.63, 3.8) is 0 Å². The van der Waals surface area contributed by atoms with Gasteiger partial charge in [-0.1, -0.05) is 18.2 Å². The number of fused-ring (bicyclic) bond motifs is 3. The SMILES string of the molecule is COC[C@@H]1Nc2ccccc2[C@H]2[C@@H]1CCN2C(=O)[C@H]1CC(F)(F)CC[C@H]1NC(=O)c1ccc(F)cc1. The fourth-order valence-electron chi connectivity index (χ4n) is 6.05. The first-order valence-corrected chi connectivity index (χ1v) is 12.4. The van der Waals surface area contributed by atoms with Crippen molar-refractivity contribution in [2.45, 2.75) is 49.7 Å². The van der Waals surface area contributed by atoms with Gasteiger partial charge in [-0.05, 0) is 48.7 Å². The highest BCUT2D eigenvalue weighted by Crippen LogP contribution is 2.48. The fraction of sp³-hybridized carbons (Fsp3) is 0.481. The molecule has 6 nitrogen and oxygen atoms in total. The lowest BCUT2D eigenvalue weighted by Crippen LogP contribution is -2.53. The Balaban J connectivity index is 1.41. The predicted octanol–water partition coefficient (Wildman–Crippen LogP) is 4.39. The Kier molecular flexibility index (Phi) is 6.68. The number of benzene rings is 2. The first-order chi connectivity index (χ1) is 17.3. The van der Waals surface area contributed by atoms with Crippen LogP contribution in [0.2, 0.25) is 0 Å². The average molecular weight is 502 g/mol. The Morgan fingerprint density at radius 3 is 2.64 bits per heavy atom. The van der Waals surface area contributed by atoms with Gasteiger partial charge in [0.1, 0.15) is 5.82 Å². The number of nitrogens with zero attached hydrogens (tertiary/aromatic N) is 1. The number of anilines is 1. The maximum absolute atomic E-state index is 14.6. The molecule has 192 valence electrons. The van der Waals surface area contributed by atoms with Gasteiger partial charge in [-0.3, -0.25) is 9.59 Å². The lowest BCUT2D eigenvalue weighted by Gasteiger charge is -2.42. The van der Waals surface area contributed by atoms with E-state index in [1.54, 1.807) is 12.0 Å². The average Bonchev–Trinajstić information content (AvgIpc) is 3.31. The van der Waals surface area contributed by atoms with Crippen molar-refractivity contribution in [3.8, 4) is 0 Å². The molecule has 3 aliphatic rings. The van der Waals surface area contributed by atoms with E-state index >= 15 is 0 Å². The number of carbonyl (C=O) groups is 2. The number of alkyl halides is 2. The minimum atomic E-state index is -2.98. The molecule has 2 amide bonds. The highest BCUT2D eigenvalue weighted by Gasteiger charge is 2.51. The maximum Gasteiger partial charge on any atom is 0.251 e. The normalized spacial score (nSPS) is 28.6. The number of halogens is 3. The van der Waals surface area contributed by atoms with Crippen LogP contribution in [0.5, 0.6) is 0 Å². The molecule has 2 N–H and O–H groups in total. The smallest absolute Gasteiger partial charge is 0.251 e. The van der Waals surface area contributed by atoms with Gasteiger partial charge in [0.05, 0.1) is 24.6 Å². The summed E-state index contributed by atoms with van der Waals surface area (Å²) in [6.07, 6.45) is -0.306. The zero-order chi connectivity index (χ0) is 25.4. The van der Waals surface area contributed by atoms with E-state index in [1.807, 2.05) is 24.3 Å². The van der Waals surface area contributed by atoms with Gasteiger partial charge >= 0.3 is 0 Å². The molecule has 2 fully saturated rings. The molecular formula is C27H30F3N3O3. The molecule has 0 bridgehead atoms. The van der Waals surface area contributed by atoms with Gasteiger partial charge in [-0.25, -0.2) is 13.2 Å². The van der Waals surface area contributed by atoms with E-state index in [4.69, 9.17) is 4.74 Å². The highest BCUT2D eigenvalue weighted by molar-refractivity contribution is 5.95. The van der Waals surface area contributed by atoms with Crippen molar-refractivity contribution in [2.24, 2.45) is 11.8 Å². The summed E-state index contributed by atoms with van der Waals surface area (Å²) >= 11 is 0. The first kappa shape index (κ1) is 24.6. The van der Waals surface area contributed by atoms with Gasteiger partial charge in [0.25, 0.3) is 5.91 Å². The molecule has 2 aliphatic heterocycles. The van der Waals surface area contributed by atoms with E-state index in [0.29, 0.717) is 13.2 Å². The van der Waals surface area contributed by atoms with Gasteiger partial charge in [-0.2, -0.15) is 0 Å². The van der Waals surface area contributed by atoms with E-state index < -0.39 is 42.4 Å². The van der Waals surface area contributed by atoms with E-state index in [2.05, 4.69) is 10.6 Å². The first-order valence-electron chi connectivity index (χ1n) is 12.4. The summed E-state index contributed by atoms with van der Waals surface area (Å²) in [4.78, 5) is 28.5. The summed E-state index contributed by atoms with van der Waals surface area (Å²) in [5.74, 6) is -5.30. The summed E-state index contributed by atoms with van der Waals surface area (Å²) in [6, 6.07) is 11.8. The number of amides is 2. The lowest BCUT2D eigenvalue weighted by atomic mass is 9.79. The minimum Gasteiger partial charge on any atom is -0.383 e. The van der Waals surface area contributed by atoms with Crippen LogP contribution in [0.25, 0.3) is 0 Å². The predicted molar refractivity (Wildman–Crippen MR) is 128 cm³/mol. The van der Waals surface area contributed by atoms with Crippen LogP contribution in [0, 0.1) is 17.7 Å². The zero-order valence-corrected chi connectivity index (χ0v) is 20.1. The third-order valence-electron chi connectivity index (χ3n) is 7.78. The number of para-hydroxylation sites is 1. The Bertz CT molecular complexity index is 1130. The molecule has 9 heteroatoms. The summed E-state index contributed by atoms with van der Waals surface area (Å²) < 4.78 is 47.8. The quantitative estimate of drug-likeness (QED) is 0.638. The number of carbonyl (C=O) groups excluding carboxylic acids is 2. The molecule has 2 aromatic carbocycles. The van der Waals surface area contributed by atoms with Crippen molar-refractivity contribution >= 4 is 17.5 Å². The lowest BCUT2D eigenvalue weighted by molar-refractivity contribution is -0.146. The minimum absolute atomic E-state index is 0.00512. The number of nitrogens with one attached hydrogen (secondary N) is 2. The summed E-state index contributed by atoms with van der Waals surface area (Å²) in [5, 5.41) is 6.30. The summed E-state index contributed by atoms with van der Waals surface area (Å²) in [5.41, 5.74) is 2.10. The number of hydrogen-bond acceptors (Lipinski definition) is 4. The molecule has 1 saturated carbocycles. The van der Waals surface area contributed by atoms with Crippen LogP contribution < -0.4 is 10.6 Å². The molecule has 1 aliphatic carbocycles. The second-order valence-corrected chi connectivity index (χ2v) is 10.0. The largest absolute Gasteiger partial charge is 0.383 e. The molecule has 0 aromatic heterocycles. The molecule has 2 aromatic rings. The standard InChI is InChI=1S/C27H30F3N3O3/c1-36-15-23-19-11-13-33(24(19)18-4-2-3-5-21(18)31-23)26(35)20-14-27(29,30)12-10-22(20)32-25(34)16-6-8-17(28)9-7-16/h2-9,19-20,22-24,31H,10-15H2,1H3,(H,32,34)/t19-,20+,22-,23+,24+/m1/s1. The second kappa shape index (κ2) is 9.76. The summed E-state index contributed by atoms with van der Waals surface area (Å²) in [6.45, 7) is 0.917. The van der Waals surface area contributed by atoms with Crippen molar-refractivity contribution < 1.29 is 27.5 Å². The number of hydrogen-bond donors (Lipinski definition) is 2. The van der Waals surface area contributed by atoms with Gasteiger partial charge in [0, 0.05) is 49.7 Å². The third kappa shape index (κ3) is 4.68. The van der Waals surface area contributed by atoms with Gasteiger partial charge < -0.3 is 20.3 Å². The van der Waals surface area contributed by atoms with Crippen LogP contribution in [0.15, 0.2) is 48.5 Å². The number of rotatable bonds is 5. The van der Waals surface area contributed by atoms with Gasteiger partial charge in [-0.15, -0.1) is 0 Å². The topological polar surface area (TPSA) is 70.7 Å². The highest BCUT2D eigenvalue weighted by atomic mass is 19.3. The van der Waals surface area contributed by atoms with E-state index in [-0.39, 0.29) is 35.9 Å². The molecule has 0 radical (unpaired) electrons. The monoisotopic (exact) mass is 501 g/mol. The molecule has 0 spiro atoms. The van der Waals surface area contributed by atoms with Gasteiger partial charge in [0.15, 0.2) is 0 Å². The zero-order valence-electron chi connectivity index (χ0n) is 20.1. The number of methoxy groups -OCH3 is 1. The molecule has 5 atom stereocenters. The molecule has 0 unspecified atom stereocenters. The molecule has 1 saturated heterocycles. The Labute approximate surface area is 208 Å². The van der Waals surface area contributed by atoms with E-state index in [9.17, 15) is 22.8 Å². The van der Waals surface area contributed by atoms with Crippen molar-refractivity contribution in [1.29, 1.82) is 0 Å². The molecule has 2 heterocycles. The molecule has 5 rings (SSSR count). The van der Waals surface area contributed by atoms with E-state index in [0.717, 1.165) is 17.7 Å². The number of ether oxygens (including phenoxy) is 1. The van der Waals surface area contributed by atoms with Gasteiger partial charge in [0.2, 0.25) is 11.8 Å². The van der Waals surface area contributed by atoms with Crippen LogP contribution in [0.3, 0.4) is 0 Å². The fourth-order valence-corrected chi connectivity index (χ4v) is 6.05. The van der Waals surface area contributed by atoms with Crippen LogP contribution in [0.1, 0.15) is 47.6 Å². The van der Waals surface area contributed by atoms with Crippen LogP contribution >= 0.6 is 0 Å². The maximum atomic E-state index is 14.6. The molecular weight excluding hydrogens is 471 g/mol. The van der Waals surface area contributed by atoms with Crippen LogP contribution in [-0.4, -0.2) is 55.0 Å². The van der Waals surface area contributed by atoms with Crippen molar-refractivity contribution in [1.82, 2.24) is 10.2 Å². The van der Waals surface area contributed by atoms with E-state index in [1.165, 1.54) is 24.3 Å². The molecule has 36 heavy (non-hydrogen) atoms. The number of likely N-dealkylation sites (tertiary alicyclic amines) is 1. The van der Waals surface area contributed by atoms with Crippen molar-refractivity contribution in [3.05, 3.63) is 65.5 Å². The third-order valence-corrected chi connectivity index (χ3v) is 7.78. The Morgan fingerprint density at radius 2 is 1.89 bits per heavy atom. The van der Waals surface area contributed by atoms with Crippen LogP contribution in [0.4, 0.5) is 18.9 Å². The Morgan fingerprint density at radius 1 is 1.14 bits per heavy atom. The second-order valence-electron chi connectivity index (χ2n) is 10.0.